The van der Waals surface area contributed by atoms with E-state index in [0.29, 0.717) is 6.54 Å². The average Bonchev–Trinajstić information content (AvgIpc) is 2.21. The van der Waals surface area contributed by atoms with E-state index < -0.39 is 16.0 Å². The molecule has 0 atom stereocenters. The smallest absolute Gasteiger partial charge is 0.304 e. The zero-order valence-electron chi connectivity index (χ0n) is 10.8. The second-order valence-corrected chi connectivity index (χ2v) is 6.41. The van der Waals surface area contributed by atoms with Gasteiger partial charge in [0.2, 0.25) is 10.0 Å². The van der Waals surface area contributed by atoms with Gasteiger partial charge in [0, 0.05) is 12.6 Å². The molecule has 17 heavy (non-hydrogen) atoms. The molecule has 0 unspecified atom stereocenters. The first-order valence-electron chi connectivity index (χ1n) is 6.02. The topological polar surface area (TPSA) is 74.7 Å². The van der Waals surface area contributed by atoms with E-state index in [1.165, 1.54) is 4.31 Å². The Balaban J connectivity index is 4.50. The van der Waals surface area contributed by atoms with Crippen molar-refractivity contribution in [3.05, 3.63) is 0 Å². The summed E-state index contributed by atoms with van der Waals surface area (Å²) in [5.74, 6) is -1.39. The van der Waals surface area contributed by atoms with Gasteiger partial charge in [-0.3, -0.25) is 4.79 Å². The molecule has 6 heteroatoms. The lowest BCUT2D eigenvalue weighted by Gasteiger charge is -2.25. The first kappa shape index (κ1) is 16.4. The number of hydrogen-bond acceptors (Lipinski definition) is 3. The van der Waals surface area contributed by atoms with Gasteiger partial charge in [0.05, 0.1) is 12.2 Å². The molecule has 0 saturated heterocycles. The maximum Gasteiger partial charge on any atom is 0.304 e. The van der Waals surface area contributed by atoms with Gasteiger partial charge in [-0.25, -0.2) is 8.42 Å². The van der Waals surface area contributed by atoms with Crippen LogP contribution in [0.1, 0.15) is 46.5 Å². The predicted octanol–water partition coefficient (Wildman–Crippen LogP) is 1.69. The van der Waals surface area contributed by atoms with Gasteiger partial charge < -0.3 is 5.11 Å². The van der Waals surface area contributed by atoms with Crippen LogP contribution in [0.3, 0.4) is 0 Å². The molecule has 0 aromatic rings. The van der Waals surface area contributed by atoms with E-state index in [1.807, 2.05) is 13.8 Å². The number of carbonyl (C=O) groups is 1. The monoisotopic (exact) mass is 265 g/mol. The van der Waals surface area contributed by atoms with Crippen LogP contribution in [-0.4, -0.2) is 42.1 Å². The number of aliphatic carboxylic acids is 1. The number of nitrogens with zero attached hydrogens (tertiary/aromatic N) is 1. The summed E-state index contributed by atoms with van der Waals surface area (Å²) in [6.07, 6.45) is 2.50. The molecule has 0 spiro atoms. The number of carboxylic acid groups (broad SMARTS) is 1. The van der Waals surface area contributed by atoms with Gasteiger partial charge in [-0.05, 0) is 20.3 Å². The van der Waals surface area contributed by atoms with Crippen LogP contribution in [-0.2, 0) is 14.8 Å². The van der Waals surface area contributed by atoms with Crippen LogP contribution in [0.15, 0.2) is 0 Å². The van der Waals surface area contributed by atoms with Crippen molar-refractivity contribution in [1.29, 1.82) is 0 Å². The zero-order chi connectivity index (χ0) is 13.5. The lowest BCUT2D eigenvalue weighted by Crippen LogP contribution is -2.39. The summed E-state index contributed by atoms with van der Waals surface area (Å²) in [4.78, 5) is 10.4. The van der Waals surface area contributed by atoms with Gasteiger partial charge in [-0.15, -0.1) is 0 Å². The lowest BCUT2D eigenvalue weighted by atomic mass is 10.2. The Bertz CT molecular complexity index is 324. The van der Waals surface area contributed by atoms with Crippen LogP contribution in [0.5, 0.6) is 0 Å². The van der Waals surface area contributed by atoms with Crippen LogP contribution < -0.4 is 0 Å². The van der Waals surface area contributed by atoms with E-state index >= 15 is 0 Å². The Morgan fingerprint density at radius 3 is 2.29 bits per heavy atom. The van der Waals surface area contributed by atoms with Crippen LogP contribution in [0.2, 0.25) is 0 Å². The Morgan fingerprint density at radius 1 is 1.29 bits per heavy atom. The molecule has 0 heterocycles. The van der Waals surface area contributed by atoms with E-state index in [-0.39, 0.29) is 18.2 Å². The fourth-order valence-corrected chi connectivity index (χ4v) is 3.29. The molecule has 0 radical (unpaired) electrons. The molecule has 0 rings (SSSR count). The van der Waals surface area contributed by atoms with Crippen LogP contribution in [0.25, 0.3) is 0 Å². The van der Waals surface area contributed by atoms with Crippen LogP contribution in [0, 0.1) is 0 Å². The Labute approximate surface area is 104 Å². The molecular weight excluding hydrogens is 242 g/mol. The van der Waals surface area contributed by atoms with Gasteiger partial charge in [-0.1, -0.05) is 19.8 Å². The summed E-state index contributed by atoms with van der Waals surface area (Å²) in [5, 5.41) is 8.53. The molecule has 102 valence electrons. The fraction of sp³-hybridized carbons (Fsp3) is 0.909. The Hall–Kier alpha value is -0.620. The highest BCUT2D eigenvalue weighted by Gasteiger charge is 2.24. The predicted molar refractivity (Wildman–Crippen MR) is 67.4 cm³/mol. The Morgan fingerprint density at radius 2 is 1.88 bits per heavy atom. The molecule has 0 saturated carbocycles. The Kier molecular flexibility index (Phi) is 7.38. The number of hydrogen-bond donors (Lipinski definition) is 1. The summed E-state index contributed by atoms with van der Waals surface area (Å²) in [5.41, 5.74) is 0. The number of carboxylic acids is 1. The summed E-state index contributed by atoms with van der Waals surface area (Å²) in [7, 11) is -3.44. The van der Waals surface area contributed by atoms with Crippen LogP contribution in [0.4, 0.5) is 0 Å². The average molecular weight is 265 g/mol. The van der Waals surface area contributed by atoms with Crippen molar-refractivity contribution in [2.24, 2.45) is 0 Å². The van der Waals surface area contributed by atoms with E-state index in [0.717, 1.165) is 19.3 Å². The van der Waals surface area contributed by atoms with Crippen molar-refractivity contribution in [2.45, 2.75) is 52.5 Å². The minimum Gasteiger partial charge on any atom is -0.481 e. The van der Waals surface area contributed by atoms with Crippen LogP contribution >= 0.6 is 0 Å². The number of rotatable bonds is 9. The minimum absolute atomic E-state index is 0.120. The molecule has 0 aliphatic rings. The molecule has 0 aliphatic heterocycles. The van der Waals surface area contributed by atoms with Gasteiger partial charge in [-0.2, -0.15) is 4.31 Å². The molecule has 0 aromatic heterocycles. The summed E-state index contributed by atoms with van der Waals surface area (Å²) in [6.45, 7) is 6.15. The molecule has 0 aromatic carbocycles. The molecule has 0 fully saturated rings. The van der Waals surface area contributed by atoms with Gasteiger partial charge >= 0.3 is 5.97 Å². The standard InChI is InChI=1S/C11H23NO4S/c1-4-5-6-8-12(10(2)3)17(15,16)9-7-11(13)14/h10H,4-9H2,1-3H3,(H,13,14). The maximum atomic E-state index is 11.9. The van der Waals surface area contributed by atoms with Crippen molar-refractivity contribution >= 4 is 16.0 Å². The molecule has 0 bridgehead atoms. The molecule has 0 amide bonds. The third kappa shape index (κ3) is 6.63. The molecule has 5 nitrogen and oxygen atoms in total. The van der Waals surface area contributed by atoms with Gasteiger partial charge in [0.15, 0.2) is 0 Å². The van der Waals surface area contributed by atoms with Gasteiger partial charge in [0.1, 0.15) is 0 Å². The summed E-state index contributed by atoms with van der Waals surface area (Å²) >= 11 is 0. The van der Waals surface area contributed by atoms with Crippen molar-refractivity contribution in [1.82, 2.24) is 4.31 Å². The van der Waals surface area contributed by atoms with Gasteiger partial charge in [0.25, 0.3) is 0 Å². The second-order valence-electron chi connectivity index (χ2n) is 4.37. The van der Waals surface area contributed by atoms with E-state index in [4.69, 9.17) is 5.11 Å². The highest BCUT2D eigenvalue weighted by molar-refractivity contribution is 7.89. The van der Waals surface area contributed by atoms with Crippen molar-refractivity contribution < 1.29 is 18.3 Å². The first-order chi connectivity index (χ1) is 7.81. The SMILES string of the molecule is CCCCCN(C(C)C)S(=O)(=O)CCC(=O)O. The first-order valence-corrected chi connectivity index (χ1v) is 7.63. The van der Waals surface area contributed by atoms with Crippen molar-refractivity contribution in [3.63, 3.8) is 0 Å². The fourth-order valence-electron chi connectivity index (χ4n) is 1.57. The highest BCUT2D eigenvalue weighted by atomic mass is 32.2. The normalized spacial score (nSPS) is 12.3. The number of unbranched alkanes of at least 4 members (excludes halogenated alkanes) is 2. The van der Waals surface area contributed by atoms with E-state index in [1.54, 1.807) is 0 Å². The lowest BCUT2D eigenvalue weighted by molar-refractivity contribution is -0.136. The third-order valence-electron chi connectivity index (χ3n) is 2.49. The molecule has 0 aliphatic carbocycles. The van der Waals surface area contributed by atoms with Crippen molar-refractivity contribution in [3.8, 4) is 0 Å². The third-order valence-corrected chi connectivity index (χ3v) is 4.53. The van der Waals surface area contributed by atoms with Crippen molar-refractivity contribution in [2.75, 3.05) is 12.3 Å². The summed E-state index contributed by atoms with van der Waals surface area (Å²) in [6, 6.07) is -0.120. The van der Waals surface area contributed by atoms with E-state index in [9.17, 15) is 13.2 Å². The quantitative estimate of drug-likeness (QED) is 0.644. The van der Waals surface area contributed by atoms with E-state index in [2.05, 4.69) is 6.92 Å². The zero-order valence-corrected chi connectivity index (χ0v) is 11.7. The number of sulfonamides is 1. The second kappa shape index (κ2) is 7.66. The maximum absolute atomic E-state index is 11.9. The summed E-state index contributed by atoms with van der Waals surface area (Å²) < 4.78 is 25.3. The molecule has 1 N–H and O–H groups in total. The highest BCUT2D eigenvalue weighted by Crippen LogP contribution is 2.11. The minimum atomic E-state index is -3.44. The molecular formula is C11H23NO4S. The largest absolute Gasteiger partial charge is 0.481 e.